The monoisotopic (exact) mass is 412 g/mol. The van der Waals surface area contributed by atoms with Crippen molar-refractivity contribution in [1.82, 2.24) is 10.2 Å². The molecule has 1 saturated heterocycles. The van der Waals surface area contributed by atoms with E-state index >= 15 is 0 Å². The Kier molecular flexibility index (Phi) is 5.94. The number of rotatable bonds is 7. The number of esters is 1. The molecule has 0 spiro atoms. The predicted molar refractivity (Wildman–Crippen MR) is 109 cm³/mol. The van der Waals surface area contributed by atoms with Crippen LogP contribution in [0.15, 0.2) is 47.8 Å². The SMILES string of the molecule is O=C(COC(=O)[C@@H]1CCCN1C(=O)c1cccs1)NC(c1ccccc1)C1CC1. The molecular weight excluding hydrogens is 388 g/mol. The Balaban J connectivity index is 1.31. The number of carbonyl (C=O) groups is 3. The predicted octanol–water partition coefficient (Wildman–Crippen LogP) is 3.16. The van der Waals surface area contributed by atoms with Crippen molar-refractivity contribution < 1.29 is 19.1 Å². The number of carbonyl (C=O) groups excluding carboxylic acids is 3. The Morgan fingerprint density at radius 1 is 1.10 bits per heavy atom. The minimum atomic E-state index is -0.620. The minimum Gasteiger partial charge on any atom is -0.454 e. The molecule has 152 valence electrons. The van der Waals surface area contributed by atoms with Crippen molar-refractivity contribution in [1.29, 1.82) is 0 Å². The van der Waals surface area contributed by atoms with Crippen LogP contribution in [0.4, 0.5) is 0 Å². The van der Waals surface area contributed by atoms with Crippen LogP contribution in [0.1, 0.15) is 47.0 Å². The summed E-state index contributed by atoms with van der Waals surface area (Å²) < 4.78 is 5.28. The van der Waals surface area contributed by atoms with Crippen molar-refractivity contribution in [2.24, 2.45) is 5.92 Å². The number of hydrogen-bond acceptors (Lipinski definition) is 5. The molecule has 0 bridgehead atoms. The second-order valence-electron chi connectivity index (χ2n) is 7.53. The third-order valence-corrected chi connectivity index (χ3v) is 6.29. The van der Waals surface area contributed by atoms with Gasteiger partial charge in [0.25, 0.3) is 11.8 Å². The zero-order chi connectivity index (χ0) is 20.2. The zero-order valence-corrected chi connectivity index (χ0v) is 16.9. The molecule has 2 heterocycles. The summed E-state index contributed by atoms with van der Waals surface area (Å²) in [7, 11) is 0. The van der Waals surface area contributed by atoms with Gasteiger partial charge in [0.2, 0.25) is 0 Å². The van der Waals surface area contributed by atoms with E-state index in [9.17, 15) is 14.4 Å². The first-order valence-corrected chi connectivity index (χ1v) is 10.9. The molecule has 7 heteroatoms. The lowest BCUT2D eigenvalue weighted by atomic mass is 10.0. The van der Waals surface area contributed by atoms with Crippen molar-refractivity contribution in [3.8, 4) is 0 Å². The molecule has 2 fully saturated rings. The summed E-state index contributed by atoms with van der Waals surface area (Å²) in [5, 5.41) is 4.84. The fraction of sp³-hybridized carbons (Fsp3) is 0.409. The molecule has 1 aliphatic heterocycles. The van der Waals surface area contributed by atoms with Gasteiger partial charge in [-0.05, 0) is 48.6 Å². The summed E-state index contributed by atoms with van der Waals surface area (Å²) in [6.45, 7) is 0.201. The molecule has 2 atom stereocenters. The topological polar surface area (TPSA) is 75.7 Å². The molecule has 2 amide bonds. The van der Waals surface area contributed by atoms with E-state index in [2.05, 4.69) is 5.32 Å². The van der Waals surface area contributed by atoms with Crippen LogP contribution in [0.3, 0.4) is 0 Å². The van der Waals surface area contributed by atoms with Crippen molar-refractivity contribution in [3.63, 3.8) is 0 Å². The van der Waals surface area contributed by atoms with Gasteiger partial charge in [-0.3, -0.25) is 9.59 Å². The number of ether oxygens (including phenoxy) is 1. The molecule has 1 aliphatic carbocycles. The van der Waals surface area contributed by atoms with Gasteiger partial charge in [0, 0.05) is 6.54 Å². The molecule has 1 saturated carbocycles. The molecule has 29 heavy (non-hydrogen) atoms. The van der Waals surface area contributed by atoms with Gasteiger partial charge in [-0.2, -0.15) is 0 Å². The highest BCUT2D eigenvalue weighted by atomic mass is 32.1. The summed E-state index contributed by atoms with van der Waals surface area (Å²) >= 11 is 1.36. The van der Waals surface area contributed by atoms with Gasteiger partial charge in [0.05, 0.1) is 10.9 Å². The molecule has 1 unspecified atom stereocenters. The summed E-state index contributed by atoms with van der Waals surface area (Å²) in [6.07, 6.45) is 3.48. The number of likely N-dealkylation sites (tertiary alicyclic amines) is 1. The fourth-order valence-electron chi connectivity index (χ4n) is 3.81. The van der Waals surface area contributed by atoms with Crippen LogP contribution in [0, 0.1) is 5.92 Å². The molecular formula is C22H24N2O4S. The quantitative estimate of drug-likeness (QED) is 0.709. The Morgan fingerprint density at radius 2 is 1.90 bits per heavy atom. The summed E-state index contributed by atoms with van der Waals surface area (Å²) in [4.78, 5) is 39.7. The molecule has 6 nitrogen and oxygen atoms in total. The second kappa shape index (κ2) is 8.78. The average Bonchev–Trinajstić information content (AvgIpc) is 3.22. The van der Waals surface area contributed by atoms with Crippen molar-refractivity contribution in [2.45, 2.75) is 37.8 Å². The van der Waals surface area contributed by atoms with Crippen LogP contribution in [-0.2, 0) is 14.3 Å². The number of benzene rings is 1. The number of hydrogen-bond donors (Lipinski definition) is 1. The third-order valence-electron chi connectivity index (χ3n) is 5.43. The van der Waals surface area contributed by atoms with Crippen molar-refractivity contribution >= 4 is 29.1 Å². The lowest BCUT2D eigenvalue weighted by Crippen LogP contribution is -2.42. The lowest BCUT2D eigenvalue weighted by molar-refractivity contribution is -0.152. The van der Waals surface area contributed by atoms with Crippen LogP contribution >= 0.6 is 11.3 Å². The Labute approximate surface area is 173 Å². The molecule has 2 aromatic rings. The molecule has 1 aromatic heterocycles. The Bertz CT molecular complexity index is 864. The zero-order valence-electron chi connectivity index (χ0n) is 16.1. The molecule has 4 rings (SSSR count). The van der Waals surface area contributed by atoms with Crippen LogP contribution in [-0.4, -0.2) is 41.9 Å². The first-order valence-electron chi connectivity index (χ1n) is 9.99. The molecule has 1 N–H and O–H groups in total. The van der Waals surface area contributed by atoms with E-state index in [1.54, 1.807) is 11.0 Å². The van der Waals surface area contributed by atoms with Gasteiger partial charge in [0.1, 0.15) is 6.04 Å². The van der Waals surface area contributed by atoms with Gasteiger partial charge in [-0.15, -0.1) is 11.3 Å². The highest BCUT2D eigenvalue weighted by Crippen LogP contribution is 2.40. The van der Waals surface area contributed by atoms with E-state index in [0.717, 1.165) is 24.8 Å². The van der Waals surface area contributed by atoms with Gasteiger partial charge in [-0.25, -0.2) is 4.79 Å². The highest BCUT2D eigenvalue weighted by molar-refractivity contribution is 7.12. The van der Waals surface area contributed by atoms with Crippen molar-refractivity contribution in [3.05, 3.63) is 58.3 Å². The smallest absolute Gasteiger partial charge is 0.329 e. The van der Waals surface area contributed by atoms with E-state index in [1.807, 2.05) is 41.8 Å². The van der Waals surface area contributed by atoms with Crippen LogP contribution in [0.2, 0.25) is 0 Å². The molecule has 1 aromatic carbocycles. The lowest BCUT2D eigenvalue weighted by Gasteiger charge is -2.23. The molecule has 2 aliphatic rings. The number of nitrogens with one attached hydrogen (secondary N) is 1. The largest absolute Gasteiger partial charge is 0.454 e. The fourth-order valence-corrected chi connectivity index (χ4v) is 4.49. The van der Waals surface area contributed by atoms with Crippen LogP contribution < -0.4 is 5.32 Å². The van der Waals surface area contributed by atoms with Crippen LogP contribution in [0.25, 0.3) is 0 Å². The summed E-state index contributed by atoms with van der Waals surface area (Å²) in [5.74, 6) is -0.536. The third kappa shape index (κ3) is 4.67. The maximum absolute atomic E-state index is 12.6. The maximum atomic E-state index is 12.6. The van der Waals surface area contributed by atoms with E-state index < -0.39 is 12.0 Å². The summed E-state index contributed by atoms with van der Waals surface area (Å²) in [5.41, 5.74) is 1.07. The first-order chi connectivity index (χ1) is 14.1. The first kappa shape index (κ1) is 19.6. The van der Waals surface area contributed by atoms with E-state index in [0.29, 0.717) is 23.8 Å². The highest BCUT2D eigenvalue weighted by Gasteiger charge is 2.37. The second-order valence-corrected chi connectivity index (χ2v) is 8.48. The summed E-state index contributed by atoms with van der Waals surface area (Å²) in [6, 6.07) is 12.8. The van der Waals surface area contributed by atoms with Gasteiger partial charge in [0.15, 0.2) is 6.61 Å². The number of nitrogens with zero attached hydrogens (tertiary/aromatic N) is 1. The minimum absolute atomic E-state index is 0.0502. The van der Waals surface area contributed by atoms with E-state index in [-0.39, 0.29) is 24.5 Å². The van der Waals surface area contributed by atoms with Gasteiger partial charge in [-0.1, -0.05) is 36.4 Å². The van der Waals surface area contributed by atoms with Gasteiger partial charge >= 0.3 is 5.97 Å². The van der Waals surface area contributed by atoms with Gasteiger partial charge < -0.3 is 15.0 Å². The Hall–Kier alpha value is -2.67. The molecule has 0 radical (unpaired) electrons. The maximum Gasteiger partial charge on any atom is 0.329 e. The average molecular weight is 413 g/mol. The standard InChI is InChI=1S/C22H24N2O4S/c25-19(23-20(16-10-11-16)15-6-2-1-3-7-15)14-28-22(27)17-8-4-12-24(17)21(26)18-9-5-13-29-18/h1-3,5-7,9,13,16-17,20H,4,8,10-12,14H2,(H,23,25)/t17-,20?/m0/s1. The number of thiophene rings is 1. The number of amides is 2. The van der Waals surface area contributed by atoms with E-state index in [1.165, 1.54) is 11.3 Å². The van der Waals surface area contributed by atoms with E-state index in [4.69, 9.17) is 4.74 Å². The Morgan fingerprint density at radius 3 is 2.59 bits per heavy atom. The van der Waals surface area contributed by atoms with Crippen molar-refractivity contribution in [2.75, 3.05) is 13.2 Å². The van der Waals surface area contributed by atoms with Crippen LogP contribution in [0.5, 0.6) is 0 Å². The normalized spacial score (nSPS) is 19.6.